The summed E-state index contributed by atoms with van der Waals surface area (Å²) >= 11 is 1.58. The molecule has 1 aromatic heterocycles. The van der Waals surface area contributed by atoms with Crippen molar-refractivity contribution < 1.29 is 9.53 Å². The molecule has 30 heavy (non-hydrogen) atoms. The van der Waals surface area contributed by atoms with E-state index < -0.39 is 0 Å². The molecule has 3 aromatic rings. The number of H-pyrrole nitrogens is 1. The van der Waals surface area contributed by atoms with Crippen molar-refractivity contribution in [2.24, 2.45) is 0 Å². The Hall–Kier alpha value is -2.68. The fourth-order valence-electron chi connectivity index (χ4n) is 3.37. The predicted molar refractivity (Wildman–Crippen MR) is 116 cm³/mol. The number of aromatic nitrogens is 3. The van der Waals surface area contributed by atoms with Gasteiger partial charge >= 0.3 is 0 Å². The van der Waals surface area contributed by atoms with Gasteiger partial charge in [-0.15, -0.1) is 0 Å². The molecule has 1 fully saturated rings. The summed E-state index contributed by atoms with van der Waals surface area (Å²) in [6.07, 6.45) is 1.50. The fourth-order valence-corrected chi connectivity index (χ4v) is 4.11. The van der Waals surface area contributed by atoms with Gasteiger partial charge in [-0.2, -0.15) is 5.10 Å². The molecule has 0 radical (unpaired) electrons. The highest BCUT2D eigenvalue weighted by atomic mass is 32.2. The van der Waals surface area contributed by atoms with Crippen molar-refractivity contribution in [2.45, 2.75) is 17.0 Å². The maximum absolute atomic E-state index is 12.9. The topological polar surface area (TPSA) is 83.1 Å². The summed E-state index contributed by atoms with van der Waals surface area (Å²) in [5, 5.41) is 10.7. The van der Waals surface area contributed by atoms with E-state index in [4.69, 9.17) is 4.74 Å². The van der Waals surface area contributed by atoms with Crippen LogP contribution in [-0.2, 0) is 10.5 Å². The average Bonchev–Trinajstić information content (AvgIpc) is 3.33. The van der Waals surface area contributed by atoms with Crippen LogP contribution in [0.3, 0.4) is 0 Å². The van der Waals surface area contributed by atoms with Gasteiger partial charge in [0.2, 0.25) is 0 Å². The van der Waals surface area contributed by atoms with E-state index in [0.29, 0.717) is 5.56 Å². The van der Waals surface area contributed by atoms with Gasteiger partial charge in [-0.05, 0) is 23.3 Å². The second kappa shape index (κ2) is 10.4. The van der Waals surface area contributed by atoms with Crippen LogP contribution in [0.15, 0.2) is 66.1 Å². The third kappa shape index (κ3) is 5.69. The van der Waals surface area contributed by atoms with Crippen molar-refractivity contribution in [2.75, 3.05) is 32.8 Å². The molecular formula is C22H25N5O2S. The molecule has 1 unspecified atom stereocenters. The molecule has 2 N–H and O–H groups in total. The monoisotopic (exact) mass is 423 g/mol. The number of carbonyl (C=O) groups excluding carboxylic acids is 1. The number of nitrogens with zero attached hydrogens (tertiary/aromatic N) is 3. The van der Waals surface area contributed by atoms with Crippen molar-refractivity contribution in [3.63, 3.8) is 0 Å². The third-order valence-electron chi connectivity index (χ3n) is 5.04. The lowest BCUT2D eigenvalue weighted by molar-refractivity contribution is 0.0332. The number of amides is 1. The summed E-state index contributed by atoms with van der Waals surface area (Å²) in [6.45, 7) is 4.02. The van der Waals surface area contributed by atoms with Crippen molar-refractivity contribution in [1.29, 1.82) is 0 Å². The molecule has 0 saturated carbocycles. The van der Waals surface area contributed by atoms with Gasteiger partial charge in [0.1, 0.15) is 6.33 Å². The van der Waals surface area contributed by atoms with Gasteiger partial charge in [0.15, 0.2) is 5.16 Å². The van der Waals surface area contributed by atoms with Gasteiger partial charge in [0, 0.05) is 31.0 Å². The molecule has 1 atom stereocenters. The summed E-state index contributed by atoms with van der Waals surface area (Å²) in [5.41, 5.74) is 2.89. The highest BCUT2D eigenvalue weighted by Crippen LogP contribution is 2.20. The quantitative estimate of drug-likeness (QED) is 0.542. The highest BCUT2D eigenvalue weighted by Gasteiger charge is 2.20. The third-order valence-corrected chi connectivity index (χ3v) is 5.98. The van der Waals surface area contributed by atoms with E-state index in [1.807, 2.05) is 42.5 Å². The molecule has 2 heterocycles. The maximum atomic E-state index is 12.9. The summed E-state index contributed by atoms with van der Waals surface area (Å²) in [5.74, 6) is 0.701. The van der Waals surface area contributed by atoms with Crippen molar-refractivity contribution >= 4 is 17.7 Å². The Bertz CT molecular complexity index is 912. The van der Waals surface area contributed by atoms with Crippen LogP contribution in [0.4, 0.5) is 0 Å². The highest BCUT2D eigenvalue weighted by molar-refractivity contribution is 7.98. The van der Waals surface area contributed by atoms with E-state index in [9.17, 15) is 4.79 Å². The average molecular weight is 424 g/mol. The number of ether oxygens (including phenoxy) is 1. The van der Waals surface area contributed by atoms with Gasteiger partial charge in [0.05, 0.1) is 19.3 Å². The minimum Gasteiger partial charge on any atom is -0.379 e. The molecule has 1 saturated heterocycles. The van der Waals surface area contributed by atoms with Crippen LogP contribution in [0.5, 0.6) is 0 Å². The first kappa shape index (κ1) is 20.6. The van der Waals surface area contributed by atoms with Crippen molar-refractivity contribution in [1.82, 2.24) is 25.4 Å². The zero-order chi connectivity index (χ0) is 20.6. The van der Waals surface area contributed by atoms with Gasteiger partial charge in [-0.25, -0.2) is 4.98 Å². The lowest BCUT2D eigenvalue weighted by Gasteiger charge is -2.31. The number of nitrogens with one attached hydrogen (secondary N) is 2. The van der Waals surface area contributed by atoms with Crippen LogP contribution in [-0.4, -0.2) is 58.8 Å². The van der Waals surface area contributed by atoms with Crippen molar-refractivity contribution in [3.8, 4) is 0 Å². The first-order chi connectivity index (χ1) is 14.8. The molecule has 2 aromatic carbocycles. The van der Waals surface area contributed by atoms with Crippen LogP contribution >= 0.6 is 11.8 Å². The number of hydrogen-bond donors (Lipinski definition) is 2. The Morgan fingerprint density at radius 1 is 1.13 bits per heavy atom. The van der Waals surface area contributed by atoms with Crippen LogP contribution < -0.4 is 5.32 Å². The van der Waals surface area contributed by atoms with Crippen LogP contribution in [0.2, 0.25) is 0 Å². The van der Waals surface area contributed by atoms with E-state index in [1.165, 1.54) is 6.33 Å². The largest absolute Gasteiger partial charge is 0.379 e. The molecule has 0 bridgehead atoms. The zero-order valence-electron chi connectivity index (χ0n) is 16.7. The molecule has 7 nitrogen and oxygen atoms in total. The Balaban J connectivity index is 1.39. The molecule has 156 valence electrons. The first-order valence-electron chi connectivity index (χ1n) is 10.0. The van der Waals surface area contributed by atoms with Crippen LogP contribution in [0.1, 0.15) is 27.5 Å². The fraction of sp³-hybridized carbons (Fsp3) is 0.318. The normalized spacial score (nSPS) is 15.6. The number of hydrogen-bond acceptors (Lipinski definition) is 6. The van der Waals surface area contributed by atoms with E-state index in [1.54, 1.807) is 11.8 Å². The molecule has 8 heteroatoms. The molecule has 1 amide bonds. The van der Waals surface area contributed by atoms with Crippen LogP contribution in [0.25, 0.3) is 0 Å². The Kier molecular flexibility index (Phi) is 7.12. The summed E-state index contributed by atoms with van der Waals surface area (Å²) in [6, 6.07) is 17.8. The summed E-state index contributed by atoms with van der Waals surface area (Å²) in [7, 11) is 0. The van der Waals surface area contributed by atoms with E-state index in [0.717, 1.165) is 54.9 Å². The minimum absolute atomic E-state index is 0.0634. The molecule has 0 spiro atoms. The van der Waals surface area contributed by atoms with E-state index in [2.05, 4.69) is 37.5 Å². The number of benzene rings is 2. The molecule has 1 aliphatic heterocycles. The smallest absolute Gasteiger partial charge is 0.251 e. The van der Waals surface area contributed by atoms with E-state index >= 15 is 0 Å². The lowest BCUT2D eigenvalue weighted by atomic mass is 10.0. The number of morpholine rings is 1. The van der Waals surface area contributed by atoms with Crippen molar-refractivity contribution in [3.05, 3.63) is 77.6 Å². The molecule has 1 aliphatic rings. The number of aromatic amines is 1. The molecular weight excluding hydrogens is 398 g/mol. The Morgan fingerprint density at radius 3 is 2.60 bits per heavy atom. The molecule has 0 aliphatic carbocycles. The summed E-state index contributed by atoms with van der Waals surface area (Å²) in [4.78, 5) is 19.4. The standard InChI is InChI=1S/C22H25N5O2S/c28-21(19-8-6-17(7-9-19)15-30-22-23-16-24-26-22)25-20(18-4-2-1-3-5-18)14-27-10-12-29-13-11-27/h1-9,16,20H,10-15H2,(H,25,28)(H,23,24,26). The SMILES string of the molecule is O=C(NC(CN1CCOCC1)c1ccccc1)c1ccc(CSc2ncn[nH]2)cc1. The van der Waals surface area contributed by atoms with Gasteiger partial charge in [-0.3, -0.25) is 14.8 Å². The first-order valence-corrected chi connectivity index (χ1v) is 11.0. The zero-order valence-corrected chi connectivity index (χ0v) is 17.5. The lowest BCUT2D eigenvalue weighted by Crippen LogP contribution is -2.43. The second-order valence-corrected chi connectivity index (χ2v) is 8.09. The van der Waals surface area contributed by atoms with Crippen LogP contribution in [0, 0.1) is 0 Å². The Morgan fingerprint density at radius 2 is 1.90 bits per heavy atom. The summed E-state index contributed by atoms with van der Waals surface area (Å²) < 4.78 is 5.45. The number of carbonyl (C=O) groups is 1. The van der Waals surface area contributed by atoms with Gasteiger partial charge in [-0.1, -0.05) is 54.2 Å². The minimum atomic E-state index is -0.0708. The second-order valence-electron chi connectivity index (χ2n) is 7.13. The van der Waals surface area contributed by atoms with Gasteiger partial charge < -0.3 is 10.1 Å². The number of thioether (sulfide) groups is 1. The molecule has 4 rings (SSSR count). The number of rotatable bonds is 8. The van der Waals surface area contributed by atoms with E-state index in [-0.39, 0.29) is 11.9 Å². The predicted octanol–water partition coefficient (Wildman–Crippen LogP) is 2.90. The maximum Gasteiger partial charge on any atom is 0.251 e. The van der Waals surface area contributed by atoms with Gasteiger partial charge in [0.25, 0.3) is 5.91 Å². The Labute approximate surface area is 180 Å².